The van der Waals surface area contributed by atoms with Gasteiger partial charge < -0.3 is 10.4 Å². The smallest absolute Gasteiger partial charge is 0.408 e. The van der Waals surface area contributed by atoms with E-state index in [0.717, 1.165) is 4.57 Å². The van der Waals surface area contributed by atoms with Gasteiger partial charge in [-0.25, -0.2) is 0 Å². The van der Waals surface area contributed by atoms with E-state index >= 15 is 0 Å². The Labute approximate surface area is 91.7 Å². The summed E-state index contributed by atoms with van der Waals surface area (Å²) in [4.78, 5) is 14.4. The minimum atomic E-state index is -4.49. The number of halogens is 4. The minimum Gasteiger partial charge on any atom is -0.491 e. The van der Waals surface area contributed by atoms with Crippen LogP contribution in [0.15, 0.2) is 4.79 Å². The monoisotopic (exact) mass is 253 g/mol. The zero-order chi connectivity index (χ0) is 12.8. The average Bonchev–Trinajstić information content (AvgIpc) is 2.24. The average molecular weight is 253 g/mol. The molecule has 2 heterocycles. The molecule has 1 aliphatic rings. The second-order valence-electron chi connectivity index (χ2n) is 3.56. The number of hydrogen-bond donors (Lipinski definition) is 2. The number of alkyl halides is 3. The number of aromatic hydroxyl groups is 1. The predicted molar refractivity (Wildman–Crippen MR) is 48.2 cm³/mol. The third-order valence-electron chi connectivity index (χ3n) is 2.44. The van der Waals surface area contributed by atoms with Crippen LogP contribution in [0.3, 0.4) is 0 Å². The second-order valence-corrected chi connectivity index (χ2v) is 3.56. The molecule has 0 saturated carbocycles. The van der Waals surface area contributed by atoms with Gasteiger partial charge in [-0.3, -0.25) is 9.36 Å². The van der Waals surface area contributed by atoms with Gasteiger partial charge in [-0.15, -0.1) is 0 Å². The number of anilines is 1. The predicted octanol–water partition coefficient (Wildman–Crippen LogP) is 0.834. The molecular formula is C8H7F4N3O2. The molecule has 17 heavy (non-hydrogen) atoms. The Hall–Kier alpha value is -1.80. The number of nitrogens with zero attached hydrogens (tertiary/aromatic N) is 2. The lowest BCUT2D eigenvalue weighted by Crippen LogP contribution is -2.44. The Balaban J connectivity index is 2.44. The maximum absolute atomic E-state index is 13.0. The van der Waals surface area contributed by atoms with Crippen molar-refractivity contribution in [1.82, 2.24) is 9.55 Å². The van der Waals surface area contributed by atoms with Crippen molar-refractivity contribution >= 4 is 5.95 Å². The highest BCUT2D eigenvalue weighted by Crippen LogP contribution is 2.29. The second kappa shape index (κ2) is 3.60. The topological polar surface area (TPSA) is 67.1 Å². The van der Waals surface area contributed by atoms with E-state index in [1.165, 1.54) is 0 Å². The zero-order valence-corrected chi connectivity index (χ0v) is 8.25. The summed E-state index contributed by atoms with van der Waals surface area (Å²) < 4.78 is 50.9. The van der Waals surface area contributed by atoms with Crippen LogP contribution in [0.5, 0.6) is 5.88 Å². The molecule has 0 spiro atoms. The van der Waals surface area contributed by atoms with Crippen LogP contribution in [0.4, 0.5) is 23.5 Å². The lowest BCUT2D eigenvalue weighted by Gasteiger charge is -2.28. The van der Waals surface area contributed by atoms with Crippen molar-refractivity contribution in [2.75, 3.05) is 5.32 Å². The summed E-state index contributed by atoms with van der Waals surface area (Å²) in [5.41, 5.74) is -1.19. The lowest BCUT2D eigenvalue weighted by atomic mass is 10.1. The third-order valence-corrected chi connectivity index (χ3v) is 2.44. The maximum Gasteiger partial charge on any atom is 0.408 e. The van der Waals surface area contributed by atoms with Crippen molar-refractivity contribution in [2.24, 2.45) is 0 Å². The highest BCUT2D eigenvalue weighted by molar-refractivity contribution is 5.33. The molecule has 0 radical (unpaired) electrons. The van der Waals surface area contributed by atoms with Crippen LogP contribution in [-0.4, -0.2) is 26.9 Å². The normalized spacial score (nSPS) is 19.6. The molecule has 1 aromatic rings. The first kappa shape index (κ1) is 11.7. The van der Waals surface area contributed by atoms with Gasteiger partial charge in [0.1, 0.15) is 6.04 Å². The minimum absolute atomic E-state index is 0.310. The Bertz CT molecular complexity index is 511. The van der Waals surface area contributed by atoms with Gasteiger partial charge in [0, 0.05) is 6.54 Å². The number of hydrogen-bond acceptors (Lipinski definition) is 4. The van der Waals surface area contributed by atoms with Crippen LogP contribution in [0, 0.1) is 5.82 Å². The summed E-state index contributed by atoms with van der Waals surface area (Å²) >= 11 is 0. The van der Waals surface area contributed by atoms with Crippen LogP contribution in [0.2, 0.25) is 0 Å². The molecule has 1 aliphatic heterocycles. The standard InChI is InChI=1S/C8H7F4N3O2/c9-4-5(16)14-7-13-3(8(10,11)12)1-2-15(7)6(4)17/h3,16H,1-2H2,(H,13,14). The molecule has 0 aliphatic carbocycles. The van der Waals surface area contributed by atoms with Crippen LogP contribution in [0.1, 0.15) is 6.42 Å². The van der Waals surface area contributed by atoms with Crippen LogP contribution < -0.4 is 10.9 Å². The molecule has 5 nitrogen and oxygen atoms in total. The molecule has 1 unspecified atom stereocenters. The van der Waals surface area contributed by atoms with Crippen molar-refractivity contribution in [1.29, 1.82) is 0 Å². The largest absolute Gasteiger partial charge is 0.491 e. The molecule has 2 N–H and O–H groups in total. The molecule has 1 aromatic heterocycles. The van der Waals surface area contributed by atoms with E-state index in [4.69, 9.17) is 5.11 Å². The molecule has 2 rings (SSSR count). The first-order chi connectivity index (χ1) is 7.80. The van der Waals surface area contributed by atoms with E-state index in [1.54, 1.807) is 0 Å². The van der Waals surface area contributed by atoms with E-state index in [1.807, 2.05) is 5.32 Å². The van der Waals surface area contributed by atoms with Crippen molar-refractivity contribution in [2.45, 2.75) is 25.2 Å². The Morgan fingerprint density at radius 3 is 2.71 bits per heavy atom. The third kappa shape index (κ3) is 1.92. The molecule has 0 amide bonds. The molecule has 94 valence electrons. The van der Waals surface area contributed by atoms with Gasteiger partial charge in [-0.1, -0.05) is 0 Å². The molecular weight excluding hydrogens is 246 g/mol. The number of aromatic nitrogens is 2. The first-order valence-corrected chi connectivity index (χ1v) is 4.63. The fourth-order valence-electron chi connectivity index (χ4n) is 1.57. The molecule has 0 saturated heterocycles. The van der Waals surface area contributed by atoms with Gasteiger partial charge in [0.25, 0.3) is 11.4 Å². The van der Waals surface area contributed by atoms with E-state index in [9.17, 15) is 22.4 Å². The van der Waals surface area contributed by atoms with Crippen molar-refractivity contribution < 1.29 is 22.7 Å². The Morgan fingerprint density at radius 1 is 1.47 bits per heavy atom. The Morgan fingerprint density at radius 2 is 2.12 bits per heavy atom. The number of rotatable bonds is 0. The van der Waals surface area contributed by atoms with Gasteiger partial charge in [-0.05, 0) is 6.42 Å². The lowest BCUT2D eigenvalue weighted by molar-refractivity contribution is -0.145. The number of nitrogens with one attached hydrogen (secondary N) is 1. The Kier molecular flexibility index (Phi) is 2.48. The highest BCUT2D eigenvalue weighted by atomic mass is 19.4. The summed E-state index contributed by atoms with van der Waals surface area (Å²) in [5, 5.41) is 10.9. The summed E-state index contributed by atoms with van der Waals surface area (Å²) in [6, 6.07) is -1.86. The van der Waals surface area contributed by atoms with Gasteiger partial charge >= 0.3 is 6.18 Å². The van der Waals surface area contributed by atoms with Crippen molar-refractivity contribution in [3.8, 4) is 5.88 Å². The maximum atomic E-state index is 13.0. The van der Waals surface area contributed by atoms with Crippen molar-refractivity contribution in [3.63, 3.8) is 0 Å². The van der Waals surface area contributed by atoms with Crippen LogP contribution in [0.25, 0.3) is 0 Å². The van der Waals surface area contributed by atoms with Gasteiger partial charge in [-0.2, -0.15) is 22.5 Å². The summed E-state index contributed by atoms with van der Waals surface area (Å²) in [6.45, 7) is -0.310. The molecule has 9 heteroatoms. The first-order valence-electron chi connectivity index (χ1n) is 4.63. The molecule has 0 bridgehead atoms. The van der Waals surface area contributed by atoms with Gasteiger partial charge in [0.05, 0.1) is 0 Å². The summed E-state index contributed by atoms with van der Waals surface area (Å²) in [5.74, 6) is -3.17. The van der Waals surface area contributed by atoms with Crippen molar-refractivity contribution in [3.05, 3.63) is 16.2 Å². The van der Waals surface area contributed by atoms with Gasteiger partial charge in [0.15, 0.2) is 0 Å². The molecule has 0 aromatic carbocycles. The molecule has 0 fully saturated rings. The SMILES string of the molecule is O=c1c(F)c(O)nc2n1CCC(C(F)(F)F)N2. The van der Waals surface area contributed by atoms with E-state index in [-0.39, 0.29) is 6.54 Å². The fraction of sp³-hybridized carbons (Fsp3) is 0.500. The van der Waals surface area contributed by atoms with E-state index < -0.39 is 41.8 Å². The summed E-state index contributed by atoms with van der Waals surface area (Å²) in [7, 11) is 0. The van der Waals surface area contributed by atoms with Gasteiger partial charge in [0.2, 0.25) is 11.8 Å². The fourth-order valence-corrected chi connectivity index (χ4v) is 1.57. The molecule has 1 atom stereocenters. The van der Waals surface area contributed by atoms with E-state index in [2.05, 4.69) is 4.98 Å². The summed E-state index contributed by atoms with van der Waals surface area (Å²) in [6.07, 6.45) is -4.89. The zero-order valence-electron chi connectivity index (χ0n) is 8.25. The quantitative estimate of drug-likeness (QED) is 0.672. The van der Waals surface area contributed by atoms with Crippen LogP contribution >= 0.6 is 0 Å². The van der Waals surface area contributed by atoms with E-state index in [0.29, 0.717) is 0 Å². The highest BCUT2D eigenvalue weighted by Gasteiger charge is 2.42. The van der Waals surface area contributed by atoms with Crippen LogP contribution in [-0.2, 0) is 6.54 Å². The number of fused-ring (bicyclic) bond motifs is 1.